The summed E-state index contributed by atoms with van der Waals surface area (Å²) in [6.07, 6.45) is 5.19. The SMILES string of the molecule is CC.Cc1ncn2ccnc(Cl)c12. The van der Waals surface area contributed by atoms with Gasteiger partial charge in [0.15, 0.2) is 5.15 Å². The lowest BCUT2D eigenvalue weighted by atomic mass is 10.4. The summed E-state index contributed by atoms with van der Waals surface area (Å²) in [5.74, 6) is 0. The molecule has 2 aromatic heterocycles. The standard InChI is InChI=1S/C7H6ClN3.C2H6/c1-5-6-7(8)9-2-3-11(6)4-10-5;1-2/h2-4H,1H3;1-2H3. The van der Waals surface area contributed by atoms with Crippen LogP contribution < -0.4 is 0 Å². The Morgan fingerprint density at radius 1 is 1.31 bits per heavy atom. The van der Waals surface area contributed by atoms with Gasteiger partial charge in [0.25, 0.3) is 0 Å². The smallest absolute Gasteiger partial charge is 0.154 e. The molecule has 0 unspecified atom stereocenters. The second-order valence-corrected chi connectivity index (χ2v) is 2.66. The number of rotatable bonds is 0. The van der Waals surface area contributed by atoms with Gasteiger partial charge in [-0.1, -0.05) is 25.4 Å². The molecule has 0 aromatic carbocycles. The Balaban J connectivity index is 0.000000396. The highest BCUT2D eigenvalue weighted by molar-refractivity contribution is 6.32. The maximum atomic E-state index is 5.83. The number of hydrogen-bond donors (Lipinski definition) is 0. The van der Waals surface area contributed by atoms with Gasteiger partial charge in [0.05, 0.1) is 12.0 Å². The Bertz CT molecular complexity index is 395. The van der Waals surface area contributed by atoms with Crippen molar-refractivity contribution in [1.82, 2.24) is 14.4 Å². The molecule has 0 amide bonds. The topological polar surface area (TPSA) is 30.2 Å². The lowest BCUT2D eigenvalue weighted by molar-refractivity contribution is 1.11. The van der Waals surface area contributed by atoms with Crippen molar-refractivity contribution in [3.8, 4) is 0 Å². The molecule has 0 bridgehead atoms. The fourth-order valence-electron chi connectivity index (χ4n) is 1.06. The lowest BCUT2D eigenvalue weighted by Crippen LogP contribution is -1.85. The second kappa shape index (κ2) is 4.23. The van der Waals surface area contributed by atoms with Crippen molar-refractivity contribution in [1.29, 1.82) is 0 Å². The van der Waals surface area contributed by atoms with E-state index in [1.54, 1.807) is 12.5 Å². The number of fused-ring (bicyclic) bond motifs is 1. The van der Waals surface area contributed by atoms with E-state index >= 15 is 0 Å². The van der Waals surface area contributed by atoms with Crippen LogP contribution in [0.1, 0.15) is 19.5 Å². The number of aryl methyl sites for hydroxylation is 1. The first-order chi connectivity index (χ1) is 6.29. The van der Waals surface area contributed by atoms with Gasteiger partial charge in [-0.15, -0.1) is 0 Å². The van der Waals surface area contributed by atoms with Gasteiger partial charge in [0.1, 0.15) is 5.52 Å². The summed E-state index contributed by atoms with van der Waals surface area (Å²) in [5.41, 5.74) is 1.79. The highest BCUT2D eigenvalue weighted by Crippen LogP contribution is 2.15. The third kappa shape index (κ3) is 1.80. The number of halogens is 1. The molecule has 0 atom stereocenters. The average Bonchev–Trinajstić information content (AvgIpc) is 2.53. The molecule has 0 saturated carbocycles. The van der Waals surface area contributed by atoms with Gasteiger partial charge >= 0.3 is 0 Å². The molecular formula is C9H12ClN3. The maximum absolute atomic E-state index is 5.83. The molecule has 13 heavy (non-hydrogen) atoms. The van der Waals surface area contributed by atoms with Crippen molar-refractivity contribution >= 4 is 17.1 Å². The molecule has 0 aliphatic heterocycles. The van der Waals surface area contributed by atoms with Crippen LogP contribution in [0.4, 0.5) is 0 Å². The number of imidazole rings is 1. The van der Waals surface area contributed by atoms with Gasteiger partial charge < -0.3 is 4.40 Å². The van der Waals surface area contributed by atoms with Gasteiger partial charge in [-0.3, -0.25) is 0 Å². The minimum Gasteiger partial charge on any atom is -0.302 e. The average molecular weight is 198 g/mol. The third-order valence-corrected chi connectivity index (χ3v) is 1.86. The fraction of sp³-hybridized carbons (Fsp3) is 0.333. The van der Waals surface area contributed by atoms with Crippen LogP contribution in [-0.2, 0) is 0 Å². The Morgan fingerprint density at radius 3 is 2.62 bits per heavy atom. The Morgan fingerprint density at radius 2 is 2.00 bits per heavy atom. The third-order valence-electron chi connectivity index (χ3n) is 1.59. The minimum absolute atomic E-state index is 0.502. The highest BCUT2D eigenvalue weighted by atomic mass is 35.5. The van der Waals surface area contributed by atoms with Crippen LogP contribution in [0.25, 0.3) is 5.52 Å². The van der Waals surface area contributed by atoms with E-state index in [0.29, 0.717) is 5.15 Å². The normalized spacial score (nSPS) is 9.54. The zero-order valence-corrected chi connectivity index (χ0v) is 8.71. The molecule has 2 heterocycles. The molecule has 0 saturated heterocycles. The van der Waals surface area contributed by atoms with E-state index in [0.717, 1.165) is 11.2 Å². The second-order valence-electron chi connectivity index (χ2n) is 2.30. The van der Waals surface area contributed by atoms with Crippen LogP contribution in [0.15, 0.2) is 18.7 Å². The van der Waals surface area contributed by atoms with Crippen molar-refractivity contribution in [2.45, 2.75) is 20.8 Å². The van der Waals surface area contributed by atoms with Crippen molar-refractivity contribution < 1.29 is 0 Å². The van der Waals surface area contributed by atoms with Crippen LogP contribution in [0.5, 0.6) is 0 Å². The van der Waals surface area contributed by atoms with Crippen LogP contribution in [0.2, 0.25) is 5.15 Å². The van der Waals surface area contributed by atoms with Crippen LogP contribution in [-0.4, -0.2) is 14.4 Å². The van der Waals surface area contributed by atoms with E-state index in [-0.39, 0.29) is 0 Å². The zero-order valence-electron chi connectivity index (χ0n) is 7.95. The van der Waals surface area contributed by atoms with Crippen molar-refractivity contribution in [3.05, 3.63) is 29.6 Å². The molecule has 0 fully saturated rings. The van der Waals surface area contributed by atoms with E-state index in [1.807, 2.05) is 31.4 Å². The van der Waals surface area contributed by atoms with Gasteiger partial charge in [-0.05, 0) is 6.92 Å². The van der Waals surface area contributed by atoms with Crippen LogP contribution >= 0.6 is 11.6 Å². The first-order valence-corrected chi connectivity index (χ1v) is 4.60. The summed E-state index contributed by atoms with van der Waals surface area (Å²) < 4.78 is 1.85. The molecule has 2 rings (SSSR count). The molecular weight excluding hydrogens is 186 g/mol. The molecule has 0 N–H and O–H groups in total. The lowest BCUT2D eigenvalue weighted by Gasteiger charge is -1.94. The van der Waals surface area contributed by atoms with Crippen molar-refractivity contribution in [2.75, 3.05) is 0 Å². The quantitative estimate of drug-likeness (QED) is 0.650. The first kappa shape index (κ1) is 9.99. The number of hydrogen-bond acceptors (Lipinski definition) is 2. The Kier molecular flexibility index (Phi) is 3.25. The van der Waals surface area contributed by atoms with Crippen molar-refractivity contribution in [2.24, 2.45) is 0 Å². The van der Waals surface area contributed by atoms with Gasteiger partial charge in [-0.2, -0.15) is 0 Å². The van der Waals surface area contributed by atoms with Gasteiger partial charge in [-0.25, -0.2) is 9.97 Å². The molecule has 2 aromatic rings. The summed E-state index contributed by atoms with van der Waals surface area (Å²) in [7, 11) is 0. The van der Waals surface area contributed by atoms with Crippen LogP contribution in [0.3, 0.4) is 0 Å². The maximum Gasteiger partial charge on any atom is 0.154 e. The molecule has 0 spiro atoms. The van der Waals surface area contributed by atoms with Crippen LogP contribution in [0, 0.1) is 6.92 Å². The van der Waals surface area contributed by atoms with Gasteiger partial charge in [0, 0.05) is 12.4 Å². The summed E-state index contributed by atoms with van der Waals surface area (Å²) in [4.78, 5) is 8.04. The molecule has 4 heteroatoms. The zero-order chi connectivity index (χ0) is 9.84. The summed E-state index contributed by atoms with van der Waals surface area (Å²) in [6, 6.07) is 0. The Hall–Kier alpha value is -1.09. The van der Waals surface area contributed by atoms with E-state index in [2.05, 4.69) is 9.97 Å². The first-order valence-electron chi connectivity index (χ1n) is 4.23. The van der Waals surface area contributed by atoms with E-state index in [9.17, 15) is 0 Å². The molecule has 0 aliphatic rings. The van der Waals surface area contributed by atoms with Gasteiger partial charge in [0.2, 0.25) is 0 Å². The number of aromatic nitrogens is 3. The summed E-state index contributed by atoms with van der Waals surface area (Å²) in [5, 5.41) is 0.502. The predicted molar refractivity (Wildman–Crippen MR) is 54.1 cm³/mol. The fourth-order valence-corrected chi connectivity index (χ4v) is 1.35. The van der Waals surface area contributed by atoms with E-state index in [4.69, 9.17) is 11.6 Å². The minimum atomic E-state index is 0.502. The molecule has 0 aliphatic carbocycles. The van der Waals surface area contributed by atoms with E-state index in [1.165, 1.54) is 0 Å². The Labute approximate surface area is 82.4 Å². The summed E-state index contributed by atoms with van der Waals surface area (Å²) >= 11 is 5.83. The molecule has 70 valence electrons. The number of nitrogens with zero attached hydrogens (tertiary/aromatic N) is 3. The largest absolute Gasteiger partial charge is 0.302 e. The van der Waals surface area contributed by atoms with E-state index < -0.39 is 0 Å². The molecule has 0 radical (unpaired) electrons. The predicted octanol–water partition coefficient (Wildman–Crippen LogP) is 2.72. The summed E-state index contributed by atoms with van der Waals surface area (Å²) in [6.45, 7) is 5.91. The molecule has 3 nitrogen and oxygen atoms in total. The van der Waals surface area contributed by atoms with Crippen molar-refractivity contribution in [3.63, 3.8) is 0 Å². The highest BCUT2D eigenvalue weighted by Gasteiger charge is 2.02. The monoisotopic (exact) mass is 197 g/mol.